The Hall–Kier alpha value is -2.26. The summed E-state index contributed by atoms with van der Waals surface area (Å²) in [7, 11) is 0. The highest BCUT2D eigenvalue weighted by Crippen LogP contribution is 2.34. The molecule has 0 aromatic carbocycles. The van der Waals surface area contributed by atoms with Gasteiger partial charge in [0, 0.05) is 37.9 Å². The van der Waals surface area contributed by atoms with Gasteiger partial charge in [-0.25, -0.2) is 9.97 Å². The van der Waals surface area contributed by atoms with Crippen molar-refractivity contribution < 1.29 is 0 Å². The van der Waals surface area contributed by atoms with Gasteiger partial charge in [-0.3, -0.25) is 9.58 Å². The Kier molecular flexibility index (Phi) is 3.35. The zero-order valence-electron chi connectivity index (χ0n) is 12.4. The first-order chi connectivity index (χ1) is 10.8. The third kappa shape index (κ3) is 2.48. The molecule has 6 nitrogen and oxygen atoms in total. The average molecular weight is 294 g/mol. The Labute approximate surface area is 129 Å². The molecular formula is C16H18N6. The van der Waals surface area contributed by atoms with Gasteiger partial charge < -0.3 is 0 Å². The van der Waals surface area contributed by atoms with Crippen LogP contribution in [0.4, 0.5) is 0 Å². The van der Waals surface area contributed by atoms with E-state index in [1.54, 1.807) is 6.20 Å². The van der Waals surface area contributed by atoms with Gasteiger partial charge >= 0.3 is 0 Å². The monoisotopic (exact) mass is 294 g/mol. The topological polar surface area (TPSA) is 70.6 Å². The van der Waals surface area contributed by atoms with Gasteiger partial charge in [0.15, 0.2) is 0 Å². The van der Waals surface area contributed by atoms with Gasteiger partial charge in [-0.15, -0.1) is 0 Å². The van der Waals surface area contributed by atoms with Gasteiger partial charge in [0.25, 0.3) is 0 Å². The second kappa shape index (κ2) is 5.50. The summed E-state index contributed by atoms with van der Waals surface area (Å²) in [5.74, 6) is 1.60. The molecule has 2 aromatic rings. The zero-order valence-corrected chi connectivity index (χ0v) is 12.4. The van der Waals surface area contributed by atoms with Crippen LogP contribution in [0.15, 0.2) is 24.7 Å². The summed E-state index contributed by atoms with van der Waals surface area (Å²) in [4.78, 5) is 11.5. The maximum absolute atomic E-state index is 8.84. The molecule has 22 heavy (non-hydrogen) atoms. The van der Waals surface area contributed by atoms with E-state index in [1.165, 1.54) is 19.3 Å². The van der Waals surface area contributed by atoms with Crippen LogP contribution in [0.3, 0.4) is 0 Å². The number of likely N-dealkylation sites (tertiary alicyclic amines) is 1. The van der Waals surface area contributed by atoms with Gasteiger partial charge in [0.2, 0.25) is 0 Å². The lowest BCUT2D eigenvalue weighted by atomic mass is 9.85. The lowest BCUT2D eigenvalue weighted by molar-refractivity contribution is 0.0893. The molecule has 0 radical (unpaired) electrons. The number of nitriles is 1. The van der Waals surface area contributed by atoms with Crippen LogP contribution < -0.4 is 0 Å². The third-order valence-electron chi connectivity index (χ3n) is 4.63. The number of hydrogen-bond acceptors (Lipinski definition) is 5. The molecule has 0 atom stereocenters. The van der Waals surface area contributed by atoms with Crippen molar-refractivity contribution in [1.29, 1.82) is 5.26 Å². The Morgan fingerprint density at radius 1 is 1.32 bits per heavy atom. The molecule has 0 bridgehead atoms. The van der Waals surface area contributed by atoms with Crippen molar-refractivity contribution in [1.82, 2.24) is 24.6 Å². The predicted octanol–water partition coefficient (Wildman–Crippen LogP) is 1.87. The molecule has 112 valence electrons. The van der Waals surface area contributed by atoms with E-state index in [1.807, 2.05) is 23.1 Å². The first-order valence-corrected chi connectivity index (χ1v) is 7.80. The van der Waals surface area contributed by atoms with E-state index in [2.05, 4.69) is 21.1 Å². The van der Waals surface area contributed by atoms with Gasteiger partial charge in [-0.2, -0.15) is 10.4 Å². The molecule has 2 fully saturated rings. The van der Waals surface area contributed by atoms with E-state index >= 15 is 0 Å². The first kappa shape index (κ1) is 13.4. The molecular weight excluding hydrogens is 276 g/mol. The van der Waals surface area contributed by atoms with E-state index in [0.717, 1.165) is 31.2 Å². The average Bonchev–Trinajstić information content (AvgIpc) is 2.89. The predicted molar refractivity (Wildman–Crippen MR) is 79.9 cm³/mol. The van der Waals surface area contributed by atoms with Crippen molar-refractivity contribution in [2.24, 2.45) is 0 Å². The Bertz CT molecular complexity index is 705. The summed E-state index contributed by atoms with van der Waals surface area (Å²) >= 11 is 0. The van der Waals surface area contributed by atoms with E-state index in [-0.39, 0.29) is 0 Å². The molecule has 2 aromatic heterocycles. The fraction of sp³-hybridized carbons (Fsp3) is 0.500. The molecule has 2 aliphatic rings. The molecule has 1 aliphatic carbocycles. The normalized spacial score (nSPS) is 19.4. The molecule has 4 rings (SSSR count). The highest BCUT2D eigenvalue weighted by Gasteiger charge is 2.29. The van der Waals surface area contributed by atoms with E-state index in [9.17, 15) is 0 Å². The van der Waals surface area contributed by atoms with Crippen molar-refractivity contribution in [3.8, 4) is 6.07 Å². The molecule has 0 N–H and O–H groups in total. The van der Waals surface area contributed by atoms with Crippen molar-refractivity contribution in [2.75, 3.05) is 13.1 Å². The van der Waals surface area contributed by atoms with Crippen molar-refractivity contribution >= 4 is 0 Å². The van der Waals surface area contributed by atoms with Gasteiger partial charge in [0.05, 0.1) is 23.5 Å². The fourth-order valence-electron chi connectivity index (χ4n) is 3.03. The number of rotatable bonds is 4. The van der Waals surface area contributed by atoms with Crippen LogP contribution in [0.1, 0.15) is 48.3 Å². The molecule has 0 amide bonds. The molecule has 6 heteroatoms. The molecule has 0 spiro atoms. The van der Waals surface area contributed by atoms with Crippen LogP contribution >= 0.6 is 0 Å². The summed E-state index contributed by atoms with van der Waals surface area (Å²) in [6.45, 7) is 2.77. The number of aromatic nitrogens is 4. The molecule has 1 saturated heterocycles. The van der Waals surface area contributed by atoms with Crippen LogP contribution in [0.5, 0.6) is 0 Å². The van der Waals surface area contributed by atoms with E-state index in [4.69, 9.17) is 10.2 Å². The maximum atomic E-state index is 8.84. The Morgan fingerprint density at radius 2 is 2.18 bits per heavy atom. The zero-order chi connectivity index (χ0) is 14.9. The summed E-state index contributed by atoms with van der Waals surface area (Å²) in [5.41, 5.74) is 1.73. The summed E-state index contributed by atoms with van der Waals surface area (Å²) in [5, 5.41) is 13.1. The standard InChI is InChI=1S/C16H18N6/c17-6-12-7-19-22(8-12)15-10-21(11-15)9-14-4-5-18-16(20-14)13-2-1-3-13/h4-5,7-8,13,15H,1-3,9-11H2. The molecule has 0 unspecified atom stereocenters. The van der Waals surface area contributed by atoms with Crippen LogP contribution in [-0.4, -0.2) is 37.7 Å². The summed E-state index contributed by atoms with van der Waals surface area (Å²) < 4.78 is 1.90. The van der Waals surface area contributed by atoms with Crippen molar-refractivity contribution in [2.45, 2.75) is 37.8 Å². The Balaban J connectivity index is 1.35. The quantitative estimate of drug-likeness (QED) is 0.861. The molecule has 1 aliphatic heterocycles. The van der Waals surface area contributed by atoms with Gasteiger partial charge in [0.1, 0.15) is 11.9 Å². The minimum atomic E-state index is 0.370. The third-order valence-corrected chi connectivity index (χ3v) is 4.63. The summed E-state index contributed by atoms with van der Waals surface area (Å²) in [6, 6.07) is 4.50. The van der Waals surface area contributed by atoms with E-state index in [0.29, 0.717) is 17.5 Å². The van der Waals surface area contributed by atoms with Gasteiger partial charge in [-0.1, -0.05) is 6.42 Å². The smallest absolute Gasteiger partial charge is 0.131 e. The lowest BCUT2D eigenvalue weighted by Gasteiger charge is -2.39. The largest absolute Gasteiger partial charge is 0.293 e. The highest BCUT2D eigenvalue weighted by molar-refractivity contribution is 5.22. The van der Waals surface area contributed by atoms with Crippen molar-refractivity contribution in [3.63, 3.8) is 0 Å². The molecule has 3 heterocycles. The maximum Gasteiger partial charge on any atom is 0.131 e. The second-order valence-corrected chi connectivity index (χ2v) is 6.20. The minimum absolute atomic E-state index is 0.370. The summed E-state index contributed by atoms with van der Waals surface area (Å²) in [6.07, 6.45) is 9.10. The SMILES string of the molecule is N#Cc1cnn(C2CN(Cc3ccnc(C4CCC4)n3)C2)c1. The Morgan fingerprint density at radius 3 is 2.86 bits per heavy atom. The van der Waals surface area contributed by atoms with E-state index < -0.39 is 0 Å². The van der Waals surface area contributed by atoms with Crippen LogP contribution in [0.2, 0.25) is 0 Å². The van der Waals surface area contributed by atoms with Crippen LogP contribution in [-0.2, 0) is 6.54 Å². The lowest BCUT2D eigenvalue weighted by Crippen LogP contribution is -2.47. The molecule has 1 saturated carbocycles. The second-order valence-electron chi connectivity index (χ2n) is 6.20. The minimum Gasteiger partial charge on any atom is -0.293 e. The van der Waals surface area contributed by atoms with Crippen molar-refractivity contribution in [3.05, 3.63) is 41.7 Å². The number of hydrogen-bond donors (Lipinski definition) is 0. The van der Waals surface area contributed by atoms with Crippen LogP contribution in [0.25, 0.3) is 0 Å². The highest BCUT2D eigenvalue weighted by atomic mass is 15.4. The number of nitrogens with zero attached hydrogens (tertiary/aromatic N) is 6. The van der Waals surface area contributed by atoms with Gasteiger partial charge in [-0.05, 0) is 18.9 Å². The van der Waals surface area contributed by atoms with Crippen LogP contribution in [0, 0.1) is 11.3 Å². The first-order valence-electron chi connectivity index (χ1n) is 7.80. The fourth-order valence-corrected chi connectivity index (χ4v) is 3.03.